The summed E-state index contributed by atoms with van der Waals surface area (Å²) in [5, 5.41) is 2.86. The van der Waals surface area contributed by atoms with Crippen LogP contribution in [0.1, 0.15) is 37.0 Å². The number of rotatable bonds is 6. The number of imide groups is 1. The number of methoxy groups -OCH3 is 1. The predicted molar refractivity (Wildman–Crippen MR) is 101 cm³/mol. The van der Waals surface area contributed by atoms with Crippen molar-refractivity contribution >= 4 is 17.7 Å². The Balaban J connectivity index is 1.67. The molecule has 1 N–H and O–H groups in total. The topological polar surface area (TPSA) is 79.0 Å². The van der Waals surface area contributed by atoms with Crippen LogP contribution in [-0.4, -0.2) is 66.3 Å². The number of nitrogens with one attached hydrogen (secondary N) is 1. The molecule has 0 unspecified atom stereocenters. The molecule has 7 nitrogen and oxygen atoms in total. The smallest absolute Gasteiger partial charge is 0.325 e. The minimum atomic E-state index is -0.862. The minimum absolute atomic E-state index is 0.255. The van der Waals surface area contributed by atoms with Crippen LogP contribution in [0.4, 0.5) is 4.79 Å². The Kier molecular flexibility index (Phi) is 5.51. The second kappa shape index (κ2) is 7.68. The lowest BCUT2D eigenvalue weighted by molar-refractivity contribution is -0.132. The summed E-state index contributed by atoms with van der Waals surface area (Å²) in [6.07, 6.45) is 1.16. The third-order valence-corrected chi connectivity index (χ3v) is 5.27. The highest BCUT2D eigenvalue weighted by atomic mass is 16.5. The molecule has 2 aliphatic heterocycles. The molecule has 0 radical (unpaired) electrons. The van der Waals surface area contributed by atoms with Crippen molar-refractivity contribution < 1.29 is 19.1 Å². The maximum absolute atomic E-state index is 13.0. The first kappa shape index (κ1) is 19.4. The molecule has 1 spiro atoms. The molecule has 2 fully saturated rings. The second-order valence-corrected chi connectivity index (χ2v) is 7.75. The molecule has 27 heavy (non-hydrogen) atoms. The third-order valence-electron chi connectivity index (χ3n) is 5.27. The maximum Gasteiger partial charge on any atom is 0.325 e. The van der Waals surface area contributed by atoms with Gasteiger partial charge in [0.15, 0.2) is 5.78 Å². The van der Waals surface area contributed by atoms with E-state index in [1.54, 1.807) is 24.3 Å². The highest BCUT2D eigenvalue weighted by molar-refractivity contribution is 6.11. The Bertz CT molecular complexity index is 738. The molecule has 146 valence electrons. The van der Waals surface area contributed by atoms with Crippen molar-refractivity contribution in [2.24, 2.45) is 5.92 Å². The number of amides is 3. The lowest BCUT2D eigenvalue weighted by Crippen LogP contribution is -2.55. The van der Waals surface area contributed by atoms with Crippen LogP contribution in [0.5, 0.6) is 5.75 Å². The summed E-state index contributed by atoms with van der Waals surface area (Å²) in [5.41, 5.74) is -0.443. The van der Waals surface area contributed by atoms with E-state index in [1.807, 2.05) is 0 Å². The van der Waals surface area contributed by atoms with Gasteiger partial charge in [-0.25, -0.2) is 4.79 Å². The summed E-state index contributed by atoms with van der Waals surface area (Å²) in [6.45, 7) is 6.59. The van der Waals surface area contributed by atoms with E-state index in [0.717, 1.165) is 24.5 Å². The van der Waals surface area contributed by atoms with Crippen molar-refractivity contribution in [3.8, 4) is 5.75 Å². The zero-order chi connectivity index (χ0) is 19.6. The summed E-state index contributed by atoms with van der Waals surface area (Å²) in [6, 6.07) is 6.24. The van der Waals surface area contributed by atoms with E-state index in [9.17, 15) is 14.4 Å². The Labute approximate surface area is 159 Å². The fraction of sp³-hybridized carbons (Fsp3) is 0.550. The Hall–Kier alpha value is -2.41. The Morgan fingerprint density at radius 1 is 1.26 bits per heavy atom. The normalized spacial score (nSPS) is 19.6. The monoisotopic (exact) mass is 373 g/mol. The van der Waals surface area contributed by atoms with Gasteiger partial charge in [-0.1, -0.05) is 26.0 Å². The summed E-state index contributed by atoms with van der Waals surface area (Å²) in [7, 11) is 1.52. The minimum Gasteiger partial charge on any atom is -0.497 e. The van der Waals surface area contributed by atoms with Gasteiger partial charge in [-0.3, -0.25) is 14.5 Å². The molecule has 2 saturated heterocycles. The molecule has 1 aromatic carbocycles. The molecule has 0 atom stereocenters. The number of ketones is 1. The van der Waals surface area contributed by atoms with Crippen molar-refractivity contribution in [2.75, 3.05) is 33.3 Å². The van der Waals surface area contributed by atoms with Gasteiger partial charge >= 0.3 is 6.03 Å². The zero-order valence-corrected chi connectivity index (χ0v) is 16.2. The van der Waals surface area contributed by atoms with Crippen LogP contribution in [0.25, 0.3) is 0 Å². The number of ether oxygens (including phenoxy) is 1. The Morgan fingerprint density at radius 3 is 2.59 bits per heavy atom. The third kappa shape index (κ3) is 3.98. The van der Waals surface area contributed by atoms with E-state index >= 15 is 0 Å². The van der Waals surface area contributed by atoms with Crippen molar-refractivity contribution in [3.05, 3.63) is 29.8 Å². The number of urea groups is 1. The highest BCUT2D eigenvalue weighted by Crippen LogP contribution is 2.30. The standard InChI is InChI=1S/C20H27N3O4/c1-14(2)12-22-9-7-20(8-10-22)18(25)23(19(26)21-20)13-17(24)15-5-4-6-16(11-15)27-3/h4-6,11,14H,7-10,12-13H2,1-3H3,(H,21,26). The summed E-state index contributed by atoms with van der Waals surface area (Å²) in [5.74, 6) is 0.552. The van der Waals surface area contributed by atoms with E-state index in [0.29, 0.717) is 30.1 Å². The lowest BCUT2D eigenvalue weighted by Gasteiger charge is -2.37. The maximum atomic E-state index is 13.0. The molecule has 3 rings (SSSR count). The molecule has 0 bridgehead atoms. The van der Waals surface area contributed by atoms with Crippen molar-refractivity contribution in [3.63, 3.8) is 0 Å². The fourth-order valence-corrected chi connectivity index (χ4v) is 3.82. The van der Waals surface area contributed by atoms with Gasteiger partial charge in [0, 0.05) is 25.2 Å². The van der Waals surface area contributed by atoms with Crippen LogP contribution in [0.3, 0.4) is 0 Å². The highest BCUT2D eigenvalue weighted by Gasteiger charge is 2.52. The summed E-state index contributed by atoms with van der Waals surface area (Å²) < 4.78 is 5.13. The van der Waals surface area contributed by atoms with Crippen LogP contribution in [0.15, 0.2) is 24.3 Å². The number of likely N-dealkylation sites (tertiary alicyclic amines) is 1. The zero-order valence-electron chi connectivity index (χ0n) is 16.2. The largest absolute Gasteiger partial charge is 0.497 e. The van der Waals surface area contributed by atoms with Crippen LogP contribution >= 0.6 is 0 Å². The summed E-state index contributed by atoms with van der Waals surface area (Å²) in [4.78, 5) is 41.3. The molecule has 2 heterocycles. The van der Waals surface area contributed by atoms with Gasteiger partial charge in [0.25, 0.3) is 5.91 Å². The van der Waals surface area contributed by atoms with Crippen molar-refractivity contribution in [1.82, 2.24) is 15.1 Å². The number of carbonyl (C=O) groups is 3. The van der Waals surface area contributed by atoms with E-state index < -0.39 is 11.6 Å². The molecule has 1 aromatic rings. The predicted octanol–water partition coefficient (Wildman–Crippen LogP) is 1.92. The molecular weight excluding hydrogens is 346 g/mol. The van der Waals surface area contributed by atoms with Gasteiger partial charge in [-0.05, 0) is 30.9 Å². The van der Waals surface area contributed by atoms with Gasteiger partial charge in [0.2, 0.25) is 0 Å². The number of Topliss-reactive ketones (excluding diaryl/α,β-unsaturated/α-hetero) is 1. The van der Waals surface area contributed by atoms with Gasteiger partial charge in [-0.2, -0.15) is 0 Å². The molecule has 0 aromatic heterocycles. The average Bonchev–Trinajstić information content (AvgIpc) is 2.87. The average molecular weight is 373 g/mol. The summed E-state index contributed by atoms with van der Waals surface area (Å²) >= 11 is 0. The number of hydrogen-bond donors (Lipinski definition) is 1. The van der Waals surface area contributed by atoms with Crippen LogP contribution in [0, 0.1) is 5.92 Å². The number of hydrogen-bond acceptors (Lipinski definition) is 5. The van der Waals surface area contributed by atoms with Crippen molar-refractivity contribution in [1.29, 1.82) is 0 Å². The van der Waals surface area contributed by atoms with Gasteiger partial charge < -0.3 is 15.0 Å². The molecule has 0 saturated carbocycles. The first-order valence-electron chi connectivity index (χ1n) is 9.38. The van der Waals surface area contributed by atoms with E-state index in [-0.39, 0.29) is 18.2 Å². The molecule has 0 aliphatic carbocycles. The molecule has 3 amide bonds. The number of benzene rings is 1. The molecular formula is C20H27N3O4. The first-order chi connectivity index (χ1) is 12.8. The number of piperidine rings is 1. The quantitative estimate of drug-likeness (QED) is 0.609. The van der Waals surface area contributed by atoms with Gasteiger partial charge in [-0.15, -0.1) is 0 Å². The van der Waals surface area contributed by atoms with E-state index in [1.165, 1.54) is 7.11 Å². The van der Waals surface area contributed by atoms with E-state index in [2.05, 4.69) is 24.1 Å². The van der Waals surface area contributed by atoms with Crippen LogP contribution in [-0.2, 0) is 4.79 Å². The number of nitrogens with zero attached hydrogens (tertiary/aromatic N) is 2. The molecule has 2 aliphatic rings. The van der Waals surface area contributed by atoms with Crippen LogP contribution in [0.2, 0.25) is 0 Å². The van der Waals surface area contributed by atoms with Crippen molar-refractivity contribution in [2.45, 2.75) is 32.2 Å². The molecule has 7 heteroatoms. The van der Waals surface area contributed by atoms with Gasteiger partial charge in [0.05, 0.1) is 13.7 Å². The lowest BCUT2D eigenvalue weighted by atomic mass is 9.87. The SMILES string of the molecule is COc1cccc(C(=O)CN2C(=O)NC3(CCN(CC(C)C)CC3)C2=O)c1. The van der Waals surface area contributed by atoms with Crippen LogP contribution < -0.4 is 10.1 Å². The fourth-order valence-electron chi connectivity index (χ4n) is 3.82. The second-order valence-electron chi connectivity index (χ2n) is 7.75. The first-order valence-corrected chi connectivity index (χ1v) is 9.38. The number of carbonyl (C=O) groups excluding carboxylic acids is 3. The Morgan fingerprint density at radius 2 is 1.96 bits per heavy atom. The van der Waals surface area contributed by atoms with Gasteiger partial charge in [0.1, 0.15) is 11.3 Å². The van der Waals surface area contributed by atoms with E-state index in [4.69, 9.17) is 4.74 Å².